The lowest BCUT2D eigenvalue weighted by Gasteiger charge is -2.04. The molecule has 0 radical (unpaired) electrons. The van der Waals surface area contributed by atoms with Crippen molar-refractivity contribution in [3.8, 4) is 0 Å². The molecule has 124 valence electrons. The van der Waals surface area contributed by atoms with Crippen LogP contribution >= 0.6 is 23.2 Å². The second kappa shape index (κ2) is 7.07. The van der Waals surface area contributed by atoms with E-state index in [1.54, 1.807) is 27.8 Å². The first-order valence-electron chi connectivity index (χ1n) is 7.38. The van der Waals surface area contributed by atoms with Crippen LogP contribution in [0.1, 0.15) is 23.0 Å². The zero-order valence-electron chi connectivity index (χ0n) is 12.9. The number of nitrogens with zero attached hydrogens (tertiary/aromatic N) is 4. The van der Waals surface area contributed by atoms with Crippen molar-refractivity contribution in [2.24, 2.45) is 0 Å². The summed E-state index contributed by atoms with van der Waals surface area (Å²) in [6.45, 7) is 3.07. The SMILES string of the molecule is CCn1cc(Cl)c(C(=O)Nc2ccn(Cc3ccccc3Cl)n2)n1. The van der Waals surface area contributed by atoms with Gasteiger partial charge in [0.25, 0.3) is 5.91 Å². The van der Waals surface area contributed by atoms with Crippen LogP contribution in [0.5, 0.6) is 0 Å². The summed E-state index contributed by atoms with van der Waals surface area (Å²) < 4.78 is 3.30. The highest BCUT2D eigenvalue weighted by atomic mass is 35.5. The number of rotatable bonds is 5. The van der Waals surface area contributed by atoms with Crippen molar-refractivity contribution < 1.29 is 4.79 Å². The van der Waals surface area contributed by atoms with E-state index in [4.69, 9.17) is 23.2 Å². The van der Waals surface area contributed by atoms with Crippen LogP contribution in [0.25, 0.3) is 0 Å². The first-order valence-corrected chi connectivity index (χ1v) is 8.13. The van der Waals surface area contributed by atoms with E-state index in [1.807, 2.05) is 31.2 Å². The first-order chi connectivity index (χ1) is 11.6. The van der Waals surface area contributed by atoms with Gasteiger partial charge in [-0.25, -0.2) is 0 Å². The molecule has 1 aromatic carbocycles. The van der Waals surface area contributed by atoms with Gasteiger partial charge < -0.3 is 5.32 Å². The van der Waals surface area contributed by atoms with Crippen LogP contribution in [0.4, 0.5) is 5.82 Å². The Morgan fingerprint density at radius 3 is 2.62 bits per heavy atom. The predicted octanol–water partition coefficient (Wildman–Crippen LogP) is 3.71. The van der Waals surface area contributed by atoms with E-state index in [1.165, 1.54) is 0 Å². The molecule has 1 N–H and O–H groups in total. The molecule has 0 bridgehead atoms. The maximum atomic E-state index is 12.2. The van der Waals surface area contributed by atoms with Gasteiger partial charge in [-0.1, -0.05) is 41.4 Å². The third-order valence-corrected chi connectivity index (χ3v) is 4.07. The molecule has 0 fully saturated rings. The minimum Gasteiger partial charge on any atom is -0.304 e. The molecule has 8 heteroatoms. The molecule has 24 heavy (non-hydrogen) atoms. The van der Waals surface area contributed by atoms with Gasteiger partial charge in [-0.05, 0) is 18.6 Å². The van der Waals surface area contributed by atoms with E-state index in [2.05, 4.69) is 15.5 Å². The highest BCUT2D eigenvalue weighted by Crippen LogP contribution is 2.18. The van der Waals surface area contributed by atoms with Gasteiger partial charge in [0.1, 0.15) is 0 Å². The maximum absolute atomic E-state index is 12.2. The Morgan fingerprint density at radius 1 is 1.12 bits per heavy atom. The van der Waals surface area contributed by atoms with Crippen molar-refractivity contribution in [1.29, 1.82) is 0 Å². The molecular formula is C16H15Cl2N5O. The van der Waals surface area contributed by atoms with Gasteiger partial charge in [0.05, 0.1) is 11.6 Å². The van der Waals surface area contributed by atoms with Gasteiger partial charge in [0.2, 0.25) is 0 Å². The van der Waals surface area contributed by atoms with Crippen LogP contribution in [0.15, 0.2) is 42.7 Å². The van der Waals surface area contributed by atoms with Crippen molar-refractivity contribution in [2.45, 2.75) is 20.0 Å². The van der Waals surface area contributed by atoms with Crippen LogP contribution < -0.4 is 5.32 Å². The Kier molecular flexibility index (Phi) is 4.87. The summed E-state index contributed by atoms with van der Waals surface area (Å²) in [5, 5.41) is 12.1. The second-order valence-electron chi connectivity index (χ2n) is 5.13. The zero-order valence-corrected chi connectivity index (χ0v) is 14.4. The molecule has 1 amide bonds. The number of aryl methyl sites for hydroxylation is 1. The van der Waals surface area contributed by atoms with Gasteiger partial charge in [-0.3, -0.25) is 14.2 Å². The Balaban J connectivity index is 1.70. The van der Waals surface area contributed by atoms with Gasteiger partial charge in [-0.15, -0.1) is 0 Å². The quantitative estimate of drug-likeness (QED) is 0.751. The van der Waals surface area contributed by atoms with Gasteiger partial charge >= 0.3 is 0 Å². The fraction of sp³-hybridized carbons (Fsp3) is 0.188. The highest BCUT2D eigenvalue weighted by molar-refractivity contribution is 6.34. The van der Waals surface area contributed by atoms with Crippen LogP contribution in [-0.2, 0) is 13.1 Å². The lowest BCUT2D eigenvalue weighted by molar-refractivity contribution is 0.102. The summed E-state index contributed by atoms with van der Waals surface area (Å²) in [6, 6.07) is 9.26. The van der Waals surface area contributed by atoms with Crippen molar-refractivity contribution in [3.63, 3.8) is 0 Å². The summed E-state index contributed by atoms with van der Waals surface area (Å²) in [5.41, 5.74) is 1.13. The summed E-state index contributed by atoms with van der Waals surface area (Å²) in [4.78, 5) is 12.2. The van der Waals surface area contributed by atoms with Crippen molar-refractivity contribution in [3.05, 3.63) is 64.0 Å². The predicted molar refractivity (Wildman–Crippen MR) is 93.6 cm³/mol. The van der Waals surface area contributed by atoms with E-state index in [9.17, 15) is 4.79 Å². The van der Waals surface area contributed by atoms with Gasteiger partial charge in [-0.2, -0.15) is 10.2 Å². The van der Waals surface area contributed by atoms with E-state index < -0.39 is 5.91 Å². The number of carbonyl (C=O) groups is 1. The first kappa shape index (κ1) is 16.5. The number of hydrogen-bond donors (Lipinski definition) is 1. The molecule has 6 nitrogen and oxygen atoms in total. The molecule has 0 unspecified atom stereocenters. The van der Waals surface area contributed by atoms with E-state index in [0.717, 1.165) is 5.56 Å². The van der Waals surface area contributed by atoms with Crippen molar-refractivity contribution >= 4 is 34.9 Å². The standard InChI is InChI=1S/C16H15Cl2N5O/c1-2-22-10-13(18)15(21-22)16(24)19-14-7-8-23(20-14)9-11-5-3-4-6-12(11)17/h3-8,10H,2,9H2,1H3,(H,19,20,24). The molecule has 3 rings (SSSR count). The summed E-state index contributed by atoms with van der Waals surface area (Å²) in [7, 11) is 0. The monoisotopic (exact) mass is 363 g/mol. The molecule has 2 aromatic heterocycles. The topological polar surface area (TPSA) is 64.7 Å². The van der Waals surface area contributed by atoms with Crippen molar-refractivity contribution in [2.75, 3.05) is 5.32 Å². The number of benzene rings is 1. The molecule has 0 spiro atoms. The third kappa shape index (κ3) is 3.60. The number of anilines is 1. The van der Waals surface area contributed by atoms with Gasteiger partial charge in [0, 0.05) is 30.0 Å². The summed E-state index contributed by atoms with van der Waals surface area (Å²) >= 11 is 12.2. The molecule has 0 aliphatic carbocycles. The molecule has 0 aliphatic rings. The van der Waals surface area contributed by atoms with Crippen LogP contribution in [0.2, 0.25) is 10.0 Å². The average Bonchev–Trinajstić information content (AvgIpc) is 3.16. The fourth-order valence-corrected chi connectivity index (χ4v) is 2.64. The minimum atomic E-state index is -0.393. The molecule has 0 saturated carbocycles. The molecule has 3 aromatic rings. The maximum Gasteiger partial charge on any atom is 0.278 e. The number of hydrogen-bond acceptors (Lipinski definition) is 3. The summed E-state index contributed by atoms with van der Waals surface area (Å²) in [6.07, 6.45) is 3.39. The fourth-order valence-electron chi connectivity index (χ4n) is 2.21. The lowest BCUT2D eigenvalue weighted by atomic mass is 10.2. The summed E-state index contributed by atoms with van der Waals surface area (Å²) in [5.74, 6) is 0.0318. The third-order valence-electron chi connectivity index (χ3n) is 3.43. The smallest absolute Gasteiger partial charge is 0.278 e. The number of carbonyl (C=O) groups excluding carboxylic acids is 1. The zero-order chi connectivity index (χ0) is 17.1. The molecular weight excluding hydrogens is 349 g/mol. The number of amides is 1. The Labute approximate surface area is 149 Å². The highest BCUT2D eigenvalue weighted by Gasteiger charge is 2.16. The Bertz CT molecular complexity index is 871. The lowest BCUT2D eigenvalue weighted by Crippen LogP contribution is -2.14. The van der Waals surface area contributed by atoms with Crippen molar-refractivity contribution in [1.82, 2.24) is 19.6 Å². The Morgan fingerprint density at radius 2 is 1.92 bits per heavy atom. The van der Waals surface area contributed by atoms with E-state index in [0.29, 0.717) is 29.0 Å². The van der Waals surface area contributed by atoms with Crippen LogP contribution in [0.3, 0.4) is 0 Å². The minimum absolute atomic E-state index is 0.180. The number of nitrogens with one attached hydrogen (secondary N) is 1. The molecule has 2 heterocycles. The number of aromatic nitrogens is 4. The second-order valence-corrected chi connectivity index (χ2v) is 5.94. The van der Waals surface area contributed by atoms with Gasteiger partial charge in [0.15, 0.2) is 11.5 Å². The normalized spacial score (nSPS) is 10.8. The average molecular weight is 364 g/mol. The van der Waals surface area contributed by atoms with Crippen LogP contribution in [-0.4, -0.2) is 25.5 Å². The number of halogens is 2. The van der Waals surface area contributed by atoms with Crippen LogP contribution in [0, 0.1) is 0 Å². The largest absolute Gasteiger partial charge is 0.304 e. The Hall–Kier alpha value is -2.31. The molecule has 0 saturated heterocycles. The molecule has 0 aliphatic heterocycles. The van der Waals surface area contributed by atoms with E-state index >= 15 is 0 Å². The van der Waals surface area contributed by atoms with E-state index in [-0.39, 0.29) is 5.69 Å². The molecule has 0 atom stereocenters.